The molecule has 1 N–H and O–H groups in total. The zero-order chi connectivity index (χ0) is 23.4. The molecule has 10 heteroatoms. The fourth-order valence-corrected chi connectivity index (χ4v) is 3.09. The third-order valence-electron chi connectivity index (χ3n) is 4.61. The molecule has 0 bridgehead atoms. The van der Waals surface area contributed by atoms with Crippen molar-refractivity contribution in [3.8, 4) is 11.6 Å². The molecule has 0 radical (unpaired) electrons. The van der Waals surface area contributed by atoms with Crippen LogP contribution < -0.4 is 15.6 Å². The van der Waals surface area contributed by atoms with Gasteiger partial charge in [0, 0.05) is 24.6 Å². The molecule has 0 aliphatic carbocycles. The highest BCUT2D eigenvalue weighted by molar-refractivity contribution is 6.31. The summed E-state index contributed by atoms with van der Waals surface area (Å²) in [7, 11) is 0. The van der Waals surface area contributed by atoms with Crippen molar-refractivity contribution in [3.63, 3.8) is 0 Å². The summed E-state index contributed by atoms with van der Waals surface area (Å²) in [4.78, 5) is 28.4. The molecule has 1 amide bonds. The maximum Gasteiger partial charge on any atom is 0.280 e. The average Bonchev–Trinajstić information content (AvgIpc) is 2.76. The Hall–Kier alpha value is -3.33. The molecule has 1 heterocycles. The summed E-state index contributed by atoms with van der Waals surface area (Å²) in [6, 6.07) is 7.04. The van der Waals surface area contributed by atoms with E-state index in [2.05, 4.69) is 10.3 Å². The number of aromatic nitrogens is 2. The van der Waals surface area contributed by atoms with E-state index in [0.717, 1.165) is 10.6 Å². The molecule has 0 saturated heterocycles. The lowest BCUT2D eigenvalue weighted by Gasteiger charge is -2.15. The van der Waals surface area contributed by atoms with E-state index in [1.807, 2.05) is 0 Å². The van der Waals surface area contributed by atoms with Gasteiger partial charge in [-0.15, -0.1) is 0 Å². The number of hydrogen-bond acceptors (Lipinski definition) is 4. The fourth-order valence-electron chi connectivity index (χ4n) is 2.91. The second-order valence-electron chi connectivity index (χ2n) is 6.86. The first-order valence-corrected chi connectivity index (χ1v) is 10.0. The van der Waals surface area contributed by atoms with Crippen molar-refractivity contribution in [2.75, 3.05) is 0 Å². The average molecular weight is 466 g/mol. The number of halogens is 4. The lowest BCUT2D eigenvalue weighted by atomic mass is 10.2. The van der Waals surface area contributed by atoms with Gasteiger partial charge in [-0.1, -0.05) is 24.6 Å². The largest absolute Gasteiger partial charge is 0.471 e. The zero-order valence-electron chi connectivity index (χ0n) is 17.2. The van der Waals surface area contributed by atoms with Crippen molar-refractivity contribution < 1.29 is 22.7 Å². The fraction of sp³-hybridized carbons (Fsp3) is 0.227. The molecule has 0 saturated carbocycles. The van der Waals surface area contributed by atoms with Crippen LogP contribution in [0.5, 0.6) is 5.88 Å². The molecule has 0 unspecified atom stereocenters. The molecule has 168 valence electrons. The molecule has 0 spiro atoms. The highest BCUT2D eigenvalue weighted by Gasteiger charge is 2.19. The van der Waals surface area contributed by atoms with Crippen LogP contribution in [0.2, 0.25) is 5.02 Å². The van der Waals surface area contributed by atoms with Crippen molar-refractivity contribution in [2.45, 2.75) is 33.4 Å². The molecule has 2 aromatic carbocycles. The summed E-state index contributed by atoms with van der Waals surface area (Å²) < 4.78 is 47.7. The molecule has 1 aromatic heterocycles. The van der Waals surface area contributed by atoms with Gasteiger partial charge in [0.25, 0.3) is 5.56 Å². The van der Waals surface area contributed by atoms with Crippen molar-refractivity contribution >= 4 is 17.5 Å². The van der Waals surface area contributed by atoms with Gasteiger partial charge >= 0.3 is 0 Å². The van der Waals surface area contributed by atoms with Crippen LogP contribution in [0.1, 0.15) is 30.3 Å². The van der Waals surface area contributed by atoms with Gasteiger partial charge in [0.1, 0.15) is 29.9 Å². The van der Waals surface area contributed by atoms with Crippen molar-refractivity contribution in [1.82, 2.24) is 14.9 Å². The summed E-state index contributed by atoms with van der Waals surface area (Å²) in [6.45, 7) is 2.96. The van der Waals surface area contributed by atoms with Crippen LogP contribution in [-0.4, -0.2) is 15.5 Å². The molecule has 0 fully saturated rings. The summed E-state index contributed by atoms with van der Waals surface area (Å²) in [5, 5.41) is 2.24. The number of carbonyl (C=O) groups is 1. The van der Waals surface area contributed by atoms with Crippen LogP contribution in [-0.2, 0) is 17.9 Å². The van der Waals surface area contributed by atoms with Crippen LogP contribution in [0.4, 0.5) is 13.2 Å². The lowest BCUT2D eigenvalue weighted by molar-refractivity contribution is -0.120. The first-order valence-electron chi connectivity index (χ1n) is 9.62. The van der Waals surface area contributed by atoms with E-state index in [-0.39, 0.29) is 42.0 Å². The van der Waals surface area contributed by atoms with Gasteiger partial charge in [-0.3, -0.25) is 14.2 Å². The summed E-state index contributed by atoms with van der Waals surface area (Å²) in [5.74, 6) is -2.61. The van der Waals surface area contributed by atoms with Crippen LogP contribution >= 0.6 is 11.6 Å². The molecule has 0 aliphatic rings. The van der Waals surface area contributed by atoms with Gasteiger partial charge in [0.15, 0.2) is 5.02 Å². The Morgan fingerprint density at radius 3 is 2.59 bits per heavy atom. The van der Waals surface area contributed by atoms with Crippen LogP contribution in [0.25, 0.3) is 5.69 Å². The minimum Gasteiger partial charge on any atom is -0.471 e. The summed E-state index contributed by atoms with van der Waals surface area (Å²) >= 11 is 6.11. The number of hydrogen-bond donors (Lipinski definition) is 1. The maximum atomic E-state index is 14.5. The molecule has 3 rings (SSSR count). The summed E-state index contributed by atoms with van der Waals surface area (Å²) in [5.41, 5.74) is -0.277. The van der Waals surface area contributed by atoms with Gasteiger partial charge < -0.3 is 10.1 Å². The SMILES string of the molecule is CCC(=O)NCc1ccc(F)c(-n2c(C)nc(OCc3ccc(F)cc3F)c(Cl)c2=O)c1. The van der Waals surface area contributed by atoms with E-state index in [1.54, 1.807) is 6.92 Å². The predicted molar refractivity (Wildman–Crippen MR) is 112 cm³/mol. The molecule has 32 heavy (non-hydrogen) atoms. The number of ether oxygens (including phenoxy) is 1. The number of nitrogens with zero attached hydrogens (tertiary/aromatic N) is 2. The maximum absolute atomic E-state index is 14.5. The Balaban J connectivity index is 1.92. The van der Waals surface area contributed by atoms with Crippen LogP contribution in [0.15, 0.2) is 41.2 Å². The Kier molecular flexibility index (Phi) is 7.19. The van der Waals surface area contributed by atoms with E-state index in [1.165, 1.54) is 31.2 Å². The molecular weight excluding hydrogens is 447 g/mol. The second kappa shape index (κ2) is 9.86. The second-order valence-corrected chi connectivity index (χ2v) is 7.24. The molecule has 0 atom stereocenters. The van der Waals surface area contributed by atoms with Crippen LogP contribution in [0.3, 0.4) is 0 Å². The number of aryl methyl sites for hydroxylation is 1. The highest BCUT2D eigenvalue weighted by atomic mass is 35.5. The predicted octanol–water partition coefficient (Wildman–Crippen LogP) is 4.22. The molecule has 0 aliphatic heterocycles. The summed E-state index contributed by atoms with van der Waals surface area (Å²) in [6.07, 6.45) is 0.301. The molecule has 6 nitrogen and oxygen atoms in total. The first-order chi connectivity index (χ1) is 15.2. The van der Waals surface area contributed by atoms with Crippen molar-refractivity contribution in [1.29, 1.82) is 0 Å². The van der Waals surface area contributed by atoms with Gasteiger partial charge in [0.2, 0.25) is 11.8 Å². The Labute approximate surface area is 186 Å². The van der Waals surface area contributed by atoms with Gasteiger partial charge in [-0.25, -0.2) is 13.2 Å². The monoisotopic (exact) mass is 465 g/mol. The van der Waals surface area contributed by atoms with E-state index < -0.39 is 28.0 Å². The first kappa shape index (κ1) is 23.3. The molecular formula is C22H19ClF3N3O3. The number of benzene rings is 2. The van der Waals surface area contributed by atoms with E-state index in [0.29, 0.717) is 18.1 Å². The van der Waals surface area contributed by atoms with E-state index >= 15 is 0 Å². The number of nitrogens with one attached hydrogen (secondary N) is 1. The van der Waals surface area contributed by atoms with E-state index in [9.17, 15) is 22.8 Å². The van der Waals surface area contributed by atoms with E-state index in [4.69, 9.17) is 16.3 Å². The Bertz CT molecular complexity index is 1230. The minimum atomic E-state index is -0.819. The third-order valence-corrected chi connectivity index (χ3v) is 4.93. The van der Waals surface area contributed by atoms with Crippen LogP contribution in [0, 0.1) is 24.4 Å². The minimum absolute atomic E-state index is 0.0407. The highest BCUT2D eigenvalue weighted by Crippen LogP contribution is 2.23. The standard InChI is InChI=1S/C22H19ClF3N3O3/c1-3-19(30)27-10-13-4-7-16(25)18(8-13)29-12(2)28-21(20(23)22(29)31)32-11-14-5-6-15(24)9-17(14)26/h4-9H,3,10-11H2,1-2H3,(H,27,30). The number of rotatable bonds is 7. The number of amides is 1. The zero-order valence-corrected chi connectivity index (χ0v) is 18.0. The Morgan fingerprint density at radius 1 is 1.16 bits per heavy atom. The normalized spacial score (nSPS) is 10.8. The third kappa shape index (κ3) is 5.11. The van der Waals surface area contributed by atoms with Gasteiger partial charge in [-0.2, -0.15) is 4.98 Å². The quantitative estimate of drug-likeness (QED) is 0.567. The smallest absolute Gasteiger partial charge is 0.280 e. The number of carbonyl (C=O) groups excluding carboxylic acids is 1. The van der Waals surface area contributed by atoms with Gasteiger partial charge in [-0.05, 0) is 36.8 Å². The molecule has 3 aromatic rings. The lowest BCUT2D eigenvalue weighted by Crippen LogP contribution is -2.25. The Morgan fingerprint density at radius 2 is 1.91 bits per heavy atom. The van der Waals surface area contributed by atoms with Gasteiger partial charge in [0.05, 0.1) is 5.69 Å². The van der Waals surface area contributed by atoms with Crippen molar-refractivity contribution in [2.24, 2.45) is 0 Å². The van der Waals surface area contributed by atoms with Crippen molar-refractivity contribution in [3.05, 3.63) is 86.2 Å². The topological polar surface area (TPSA) is 73.2 Å².